The molecule has 22 heavy (non-hydrogen) atoms. The van der Waals surface area contributed by atoms with Gasteiger partial charge in [-0.1, -0.05) is 6.42 Å². The highest BCUT2D eigenvalue weighted by Gasteiger charge is 2.36. The molecule has 0 spiro atoms. The molecule has 7 nitrogen and oxygen atoms in total. The minimum Gasteiger partial charge on any atom is -0.383 e. The van der Waals surface area contributed by atoms with Gasteiger partial charge in [0.15, 0.2) is 0 Å². The van der Waals surface area contributed by atoms with Crippen LogP contribution in [0.15, 0.2) is 12.3 Å². The first-order valence-electron chi connectivity index (χ1n) is 7.78. The Morgan fingerprint density at radius 1 is 1.45 bits per heavy atom. The molecule has 1 fully saturated rings. The van der Waals surface area contributed by atoms with Crippen LogP contribution in [0, 0.1) is 5.92 Å². The average Bonchev–Trinajstić information content (AvgIpc) is 2.92. The number of carbonyl (C=O) groups is 2. The normalized spacial score (nSPS) is 21.1. The molecule has 1 aromatic rings. The van der Waals surface area contributed by atoms with Crippen molar-refractivity contribution >= 4 is 11.8 Å². The van der Waals surface area contributed by atoms with Crippen molar-refractivity contribution in [3.8, 4) is 0 Å². The molecule has 0 radical (unpaired) electrons. The fourth-order valence-electron chi connectivity index (χ4n) is 2.96. The second kappa shape index (κ2) is 6.48. The van der Waals surface area contributed by atoms with Gasteiger partial charge in [-0.2, -0.15) is 5.10 Å². The van der Waals surface area contributed by atoms with Crippen molar-refractivity contribution < 1.29 is 14.3 Å². The first-order chi connectivity index (χ1) is 10.7. The Bertz CT molecular complexity index is 553. The summed E-state index contributed by atoms with van der Waals surface area (Å²) in [4.78, 5) is 26.7. The van der Waals surface area contributed by atoms with Crippen LogP contribution >= 0.6 is 0 Å². The number of hydrogen-bond acceptors (Lipinski definition) is 4. The van der Waals surface area contributed by atoms with Gasteiger partial charge in [0.1, 0.15) is 6.04 Å². The van der Waals surface area contributed by atoms with Crippen LogP contribution in [0.4, 0.5) is 0 Å². The van der Waals surface area contributed by atoms with E-state index in [1.807, 2.05) is 6.07 Å². The number of ether oxygens (including phenoxy) is 1. The van der Waals surface area contributed by atoms with Gasteiger partial charge in [0.2, 0.25) is 11.8 Å². The number of nitrogens with one attached hydrogen (secondary N) is 1. The van der Waals surface area contributed by atoms with E-state index in [1.54, 1.807) is 22.9 Å². The third-order valence-corrected chi connectivity index (χ3v) is 4.47. The number of fused-ring (bicyclic) bond motifs is 1. The van der Waals surface area contributed by atoms with Gasteiger partial charge >= 0.3 is 0 Å². The molecule has 1 saturated carbocycles. The molecular formula is C15H22N4O3. The number of rotatable bonds is 5. The molecule has 1 aliphatic carbocycles. The van der Waals surface area contributed by atoms with Gasteiger partial charge < -0.3 is 15.0 Å². The molecule has 7 heteroatoms. The highest BCUT2D eigenvalue weighted by atomic mass is 16.5. The number of nitrogens with zero attached hydrogens (tertiary/aromatic N) is 3. The Hall–Kier alpha value is -1.89. The van der Waals surface area contributed by atoms with Gasteiger partial charge in [0.25, 0.3) is 0 Å². The van der Waals surface area contributed by atoms with Crippen LogP contribution < -0.4 is 5.32 Å². The van der Waals surface area contributed by atoms with Crippen LogP contribution in [-0.2, 0) is 20.9 Å². The van der Waals surface area contributed by atoms with E-state index in [9.17, 15) is 9.59 Å². The van der Waals surface area contributed by atoms with Crippen molar-refractivity contribution in [2.45, 2.75) is 31.8 Å². The van der Waals surface area contributed by atoms with Crippen LogP contribution in [0.2, 0.25) is 0 Å². The second-order valence-corrected chi connectivity index (χ2v) is 5.91. The number of carbonyl (C=O) groups excluding carboxylic acids is 2. The highest BCUT2D eigenvalue weighted by molar-refractivity contribution is 5.83. The minimum atomic E-state index is -0.459. The minimum absolute atomic E-state index is 0.117. The third-order valence-electron chi connectivity index (χ3n) is 4.47. The predicted molar refractivity (Wildman–Crippen MR) is 78.9 cm³/mol. The van der Waals surface area contributed by atoms with Gasteiger partial charge in [-0.15, -0.1) is 0 Å². The van der Waals surface area contributed by atoms with Gasteiger partial charge in [-0.05, 0) is 18.9 Å². The van der Waals surface area contributed by atoms with Crippen molar-refractivity contribution in [1.82, 2.24) is 20.0 Å². The Kier molecular flexibility index (Phi) is 4.42. The SMILES string of the molecule is COCCNC(=O)[C@@H]1CN(C(=O)C2CCC2)Cc2ccnn21. The summed E-state index contributed by atoms with van der Waals surface area (Å²) in [6.07, 6.45) is 4.75. The van der Waals surface area contributed by atoms with E-state index in [0.717, 1.165) is 25.0 Å². The molecule has 3 rings (SSSR count). The third kappa shape index (κ3) is 2.85. The highest BCUT2D eigenvalue weighted by Crippen LogP contribution is 2.31. The number of hydrogen-bond donors (Lipinski definition) is 1. The van der Waals surface area contributed by atoms with E-state index in [4.69, 9.17) is 4.74 Å². The summed E-state index contributed by atoms with van der Waals surface area (Å²) in [7, 11) is 1.59. The van der Waals surface area contributed by atoms with E-state index < -0.39 is 6.04 Å². The zero-order valence-corrected chi connectivity index (χ0v) is 12.8. The van der Waals surface area contributed by atoms with Crippen molar-refractivity contribution in [2.75, 3.05) is 26.8 Å². The van der Waals surface area contributed by atoms with E-state index in [-0.39, 0.29) is 17.7 Å². The van der Waals surface area contributed by atoms with E-state index in [0.29, 0.717) is 26.2 Å². The van der Waals surface area contributed by atoms with E-state index >= 15 is 0 Å². The summed E-state index contributed by atoms with van der Waals surface area (Å²) < 4.78 is 6.67. The lowest BCUT2D eigenvalue weighted by Gasteiger charge is -2.37. The smallest absolute Gasteiger partial charge is 0.246 e. The zero-order valence-electron chi connectivity index (χ0n) is 12.8. The maximum Gasteiger partial charge on any atom is 0.246 e. The molecule has 1 N–H and O–H groups in total. The van der Waals surface area contributed by atoms with Crippen LogP contribution in [0.25, 0.3) is 0 Å². The lowest BCUT2D eigenvalue weighted by atomic mass is 9.84. The number of methoxy groups -OCH3 is 1. The van der Waals surface area contributed by atoms with Gasteiger partial charge in [-0.3, -0.25) is 14.3 Å². The molecule has 0 bridgehead atoms. The quantitative estimate of drug-likeness (QED) is 0.795. The monoisotopic (exact) mass is 306 g/mol. The van der Waals surface area contributed by atoms with Crippen molar-refractivity contribution in [2.24, 2.45) is 5.92 Å². The molecule has 120 valence electrons. The molecule has 2 amide bonds. The van der Waals surface area contributed by atoms with E-state index in [2.05, 4.69) is 10.4 Å². The molecule has 2 heterocycles. The first-order valence-corrected chi connectivity index (χ1v) is 7.78. The summed E-state index contributed by atoms with van der Waals surface area (Å²) >= 11 is 0. The summed E-state index contributed by atoms with van der Waals surface area (Å²) in [6, 6.07) is 1.41. The summed E-state index contributed by atoms with van der Waals surface area (Å²) in [5.41, 5.74) is 0.908. The predicted octanol–water partition coefficient (Wildman–Crippen LogP) is 0.329. The van der Waals surface area contributed by atoms with Gasteiger partial charge in [0.05, 0.1) is 25.4 Å². The fraction of sp³-hybridized carbons (Fsp3) is 0.667. The van der Waals surface area contributed by atoms with Crippen LogP contribution in [-0.4, -0.2) is 53.3 Å². The number of amides is 2. The molecule has 2 aliphatic rings. The molecule has 0 unspecified atom stereocenters. The van der Waals surface area contributed by atoms with Gasteiger partial charge in [-0.25, -0.2) is 0 Å². The lowest BCUT2D eigenvalue weighted by molar-refractivity contribution is -0.141. The lowest BCUT2D eigenvalue weighted by Crippen LogP contribution is -2.49. The summed E-state index contributed by atoms with van der Waals surface area (Å²) in [5.74, 6) is 0.202. The molecule has 1 aromatic heterocycles. The second-order valence-electron chi connectivity index (χ2n) is 5.91. The summed E-state index contributed by atoms with van der Waals surface area (Å²) in [6.45, 7) is 1.86. The van der Waals surface area contributed by atoms with Gasteiger partial charge in [0, 0.05) is 25.8 Å². The standard InChI is InChI=1S/C15H22N4O3/c1-22-8-7-16-14(20)13-10-18(15(21)11-3-2-4-11)9-12-5-6-17-19(12)13/h5-6,11,13H,2-4,7-10H2,1H3,(H,16,20)/t13-/m0/s1. The Morgan fingerprint density at radius 2 is 2.27 bits per heavy atom. The molecule has 0 aromatic carbocycles. The van der Waals surface area contributed by atoms with Crippen LogP contribution in [0.5, 0.6) is 0 Å². The molecule has 1 atom stereocenters. The van der Waals surface area contributed by atoms with Crippen molar-refractivity contribution in [3.05, 3.63) is 18.0 Å². The maximum absolute atomic E-state index is 12.5. The molecular weight excluding hydrogens is 284 g/mol. The first kappa shape index (κ1) is 15.0. The van der Waals surface area contributed by atoms with Crippen LogP contribution in [0.1, 0.15) is 31.0 Å². The Morgan fingerprint density at radius 3 is 2.95 bits per heavy atom. The topological polar surface area (TPSA) is 76.5 Å². The van der Waals surface area contributed by atoms with Crippen molar-refractivity contribution in [3.63, 3.8) is 0 Å². The Labute approximate surface area is 129 Å². The molecule has 1 aliphatic heterocycles. The maximum atomic E-state index is 12.5. The van der Waals surface area contributed by atoms with Crippen molar-refractivity contribution in [1.29, 1.82) is 0 Å². The average molecular weight is 306 g/mol. The molecule has 0 saturated heterocycles. The Balaban J connectivity index is 1.71. The fourth-order valence-corrected chi connectivity index (χ4v) is 2.96. The van der Waals surface area contributed by atoms with Crippen LogP contribution in [0.3, 0.4) is 0 Å². The van der Waals surface area contributed by atoms with E-state index in [1.165, 1.54) is 0 Å². The number of aromatic nitrogens is 2. The largest absolute Gasteiger partial charge is 0.383 e. The zero-order chi connectivity index (χ0) is 15.5. The summed E-state index contributed by atoms with van der Waals surface area (Å²) in [5, 5.41) is 7.08.